The number of urea groups is 1. The van der Waals surface area contributed by atoms with E-state index in [1.807, 2.05) is 6.92 Å². The number of imidazole rings is 1. The maximum Gasteiger partial charge on any atom is 0.326 e. The van der Waals surface area contributed by atoms with Gasteiger partial charge < -0.3 is 24.1 Å². The quantitative estimate of drug-likeness (QED) is 0.492. The first-order chi connectivity index (χ1) is 16.3. The van der Waals surface area contributed by atoms with Crippen LogP contribution in [0.1, 0.15) is 32.8 Å². The second-order valence-electron chi connectivity index (χ2n) is 8.35. The number of hydrogen-bond acceptors (Lipinski definition) is 10. The molecule has 0 spiro atoms. The van der Waals surface area contributed by atoms with E-state index < -0.39 is 36.4 Å². The summed E-state index contributed by atoms with van der Waals surface area (Å²) in [5.74, 6) is -0.186. The van der Waals surface area contributed by atoms with Crippen molar-refractivity contribution in [2.45, 2.75) is 58.0 Å². The minimum atomic E-state index is -0.891. The van der Waals surface area contributed by atoms with Gasteiger partial charge in [-0.1, -0.05) is 5.16 Å². The van der Waals surface area contributed by atoms with Crippen LogP contribution < -0.4 is 16.0 Å². The number of amides is 3. The molecule has 2 aliphatic rings. The van der Waals surface area contributed by atoms with E-state index in [1.165, 1.54) is 12.7 Å². The molecule has 5 heterocycles. The lowest BCUT2D eigenvalue weighted by atomic mass is 10.1. The van der Waals surface area contributed by atoms with Gasteiger partial charge in [0.05, 0.1) is 6.33 Å². The molecule has 2 aliphatic heterocycles. The Kier molecular flexibility index (Phi) is 5.42. The number of carbonyl (C=O) groups is 2. The summed E-state index contributed by atoms with van der Waals surface area (Å²) in [5.41, 5.74) is 0.713. The number of fused-ring (bicyclic) bond motifs is 2. The summed E-state index contributed by atoms with van der Waals surface area (Å²) in [4.78, 5) is 37.8. The number of aryl methyl sites for hydroxylation is 1. The molecule has 3 aromatic rings. The van der Waals surface area contributed by atoms with Crippen LogP contribution in [0.2, 0.25) is 0 Å². The number of hydrogen-bond donors (Lipinski definition) is 3. The van der Waals surface area contributed by atoms with Crippen LogP contribution in [0.3, 0.4) is 0 Å². The van der Waals surface area contributed by atoms with Crippen LogP contribution >= 0.6 is 0 Å². The summed E-state index contributed by atoms with van der Waals surface area (Å²) >= 11 is 0. The summed E-state index contributed by atoms with van der Waals surface area (Å²) in [6, 6.07) is 0.999. The molecule has 0 aromatic carbocycles. The number of ether oxygens (including phenoxy) is 3. The number of anilines is 2. The van der Waals surface area contributed by atoms with Gasteiger partial charge >= 0.3 is 6.03 Å². The van der Waals surface area contributed by atoms with Crippen molar-refractivity contribution in [3.63, 3.8) is 0 Å². The van der Waals surface area contributed by atoms with E-state index >= 15 is 0 Å². The third kappa shape index (κ3) is 3.95. The average molecular weight is 472 g/mol. The first-order valence-corrected chi connectivity index (χ1v) is 10.7. The molecule has 4 atom stereocenters. The average Bonchev–Trinajstić information content (AvgIpc) is 3.51. The monoisotopic (exact) mass is 472 g/mol. The Morgan fingerprint density at radius 3 is 2.68 bits per heavy atom. The molecule has 0 saturated carbocycles. The lowest BCUT2D eigenvalue weighted by Gasteiger charge is -2.24. The molecule has 3 amide bonds. The maximum atomic E-state index is 12.6. The Morgan fingerprint density at radius 1 is 1.15 bits per heavy atom. The van der Waals surface area contributed by atoms with Gasteiger partial charge in [-0.15, -0.1) is 0 Å². The van der Waals surface area contributed by atoms with E-state index in [2.05, 4.69) is 36.1 Å². The Labute approximate surface area is 193 Å². The van der Waals surface area contributed by atoms with Crippen LogP contribution in [-0.4, -0.2) is 67.3 Å². The van der Waals surface area contributed by atoms with E-state index in [0.717, 1.165) is 0 Å². The normalized spacial score (nSPS) is 25.3. The zero-order valence-corrected chi connectivity index (χ0v) is 18.9. The van der Waals surface area contributed by atoms with Crippen molar-refractivity contribution >= 4 is 34.7 Å². The highest BCUT2D eigenvalue weighted by atomic mass is 16.8. The van der Waals surface area contributed by atoms with Crippen molar-refractivity contribution in [3.8, 4) is 0 Å². The molecule has 2 fully saturated rings. The van der Waals surface area contributed by atoms with E-state index in [1.54, 1.807) is 31.4 Å². The van der Waals surface area contributed by atoms with E-state index in [4.69, 9.17) is 18.7 Å². The number of carbonyl (C=O) groups excluding carboxylic acids is 2. The number of rotatable bonds is 5. The van der Waals surface area contributed by atoms with Crippen LogP contribution in [0.4, 0.5) is 16.4 Å². The highest BCUT2D eigenvalue weighted by Crippen LogP contribution is 2.44. The number of nitrogens with one attached hydrogen (secondary N) is 3. The molecule has 2 saturated heterocycles. The predicted molar refractivity (Wildman–Crippen MR) is 116 cm³/mol. The van der Waals surface area contributed by atoms with Gasteiger partial charge in [-0.2, -0.15) is 0 Å². The lowest BCUT2D eigenvalue weighted by molar-refractivity contribution is -0.197. The summed E-state index contributed by atoms with van der Waals surface area (Å²) < 4.78 is 24.7. The molecule has 14 nitrogen and oxygen atoms in total. The third-order valence-electron chi connectivity index (χ3n) is 5.37. The van der Waals surface area contributed by atoms with Crippen molar-refractivity contribution in [2.75, 3.05) is 17.2 Å². The molecule has 14 heteroatoms. The molecule has 0 unspecified atom stereocenters. The van der Waals surface area contributed by atoms with Gasteiger partial charge in [0.2, 0.25) is 0 Å². The van der Waals surface area contributed by atoms with Gasteiger partial charge in [-0.25, -0.2) is 19.7 Å². The zero-order chi connectivity index (χ0) is 24.0. The van der Waals surface area contributed by atoms with E-state index in [9.17, 15) is 9.59 Å². The fraction of sp³-hybridized carbons (Fsp3) is 0.500. The Balaban J connectivity index is 1.42. The maximum absolute atomic E-state index is 12.6. The minimum absolute atomic E-state index is 0.181. The first-order valence-electron chi connectivity index (χ1n) is 10.7. The second kappa shape index (κ2) is 8.30. The fourth-order valence-electron chi connectivity index (χ4n) is 4.10. The fourth-order valence-corrected chi connectivity index (χ4v) is 4.10. The van der Waals surface area contributed by atoms with Gasteiger partial charge in [0.25, 0.3) is 5.91 Å². The van der Waals surface area contributed by atoms with Gasteiger partial charge in [-0.05, 0) is 27.7 Å². The molecule has 3 N–H and O–H groups in total. The predicted octanol–water partition coefficient (Wildman–Crippen LogP) is 1.32. The third-order valence-corrected chi connectivity index (χ3v) is 5.37. The molecule has 180 valence electrons. The number of likely N-dealkylation sites (N-methyl/N-ethyl adjacent to an activating group) is 1. The topological polar surface area (TPSA) is 168 Å². The number of nitrogens with zero attached hydrogens (tertiary/aromatic N) is 5. The van der Waals surface area contributed by atoms with Gasteiger partial charge in [0.1, 0.15) is 24.3 Å². The van der Waals surface area contributed by atoms with Crippen molar-refractivity contribution in [1.29, 1.82) is 0 Å². The van der Waals surface area contributed by atoms with Gasteiger partial charge in [0.15, 0.2) is 40.9 Å². The van der Waals surface area contributed by atoms with Crippen molar-refractivity contribution in [1.82, 2.24) is 30.0 Å². The van der Waals surface area contributed by atoms with Crippen molar-refractivity contribution in [2.24, 2.45) is 0 Å². The molecule has 0 bridgehead atoms. The Morgan fingerprint density at radius 2 is 1.94 bits per heavy atom. The van der Waals surface area contributed by atoms with Crippen LogP contribution in [-0.2, 0) is 19.0 Å². The summed E-state index contributed by atoms with van der Waals surface area (Å²) in [7, 11) is 0. The lowest BCUT2D eigenvalue weighted by Crippen LogP contribution is -2.42. The molecule has 34 heavy (non-hydrogen) atoms. The largest absolute Gasteiger partial charge is 0.360 e. The van der Waals surface area contributed by atoms with Gasteiger partial charge in [0, 0.05) is 12.6 Å². The smallest absolute Gasteiger partial charge is 0.326 e. The Hall–Kier alpha value is -3.62. The second-order valence-corrected chi connectivity index (χ2v) is 8.35. The van der Waals surface area contributed by atoms with Crippen molar-refractivity contribution < 1.29 is 28.3 Å². The molecular weight excluding hydrogens is 448 g/mol. The first kappa shape index (κ1) is 22.2. The summed E-state index contributed by atoms with van der Waals surface area (Å²) in [6.07, 6.45) is -0.00506. The van der Waals surface area contributed by atoms with Crippen LogP contribution in [0, 0.1) is 6.92 Å². The van der Waals surface area contributed by atoms with Crippen molar-refractivity contribution in [3.05, 3.63) is 24.5 Å². The zero-order valence-electron chi connectivity index (χ0n) is 18.9. The SMILES string of the molecule is CCNC(=O)[C@H]1O[C@@H](n2cnc3c(NC(=O)Nc4cc(C)on4)ncnc32)[C@@H]2OC(C)(C)O[C@@H]21. The van der Waals surface area contributed by atoms with Crippen LogP contribution in [0.15, 0.2) is 23.2 Å². The molecule has 0 aliphatic carbocycles. The van der Waals surface area contributed by atoms with E-state index in [-0.39, 0.29) is 17.5 Å². The summed E-state index contributed by atoms with van der Waals surface area (Å²) in [6.45, 7) is 7.55. The standard InChI is InChI=1S/C20H24N8O6/c1-5-21-17(29)13-12-14(33-20(3,4)32-12)18(31-13)28-8-24-11-15(22-7-23-16(11)28)26-19(30)25-10-6-9(2)34-27-10/h6-8,12-14,18H,5H2,1-4H3,(H,21,29)(H2,22,23,25,26,27,30)/t12-,13+,14-,18-/m1/s1. The molecule has 0 radical (unpaired) electrons. The van der Waals surface area contributed by atoms with Gasteiger partial charge in [-0.3, -0.25) is 20.0 Å². The number of aromatic nitrogens is 5. The minimum Gasteiger partial charge on any atom is -0.360 e. The highest BCUT2D eigenvalue weighted by Gasteiger charge is 2.58. The summed E-state index contributed by atoms with van der Waals surface area (Å²) in [5, 5.41) is 11.7. The van der Waals surface area contributed by atoms with Crippen LogP contribution in [0.25, 0.3) is 11.2 Å². The van der Waals surface area contributed by atoms with E-state index in [0.29, 0.717) is 23.5 Å². The molecule has 3 aromatic heterocycles. The molecule has 5 rings (SSSR count). The molecular formula is C20H24N8O6. The highest BCUT2D eigenvalue weighted by molar-refractivity contribution is 6.02. The van der Waals surface area contributed by atoms with Crippen LogP contribution in [0.5, 0.6) is 0 Å². The Bertz CT molecular complexity index is 1240.